The van der Waals surface area contributed by atoms with Crippen LogP contribution >= 0.6 is 0 Å². The predicted molar refractivity (Wildman–Crippen MR) is 107 cm³/mol. The van der Waals surface area contributed by atoms with Gasteiger partial charge in [0.05, 0.1) is 48.7 Å². The standard InChI is InChI=1S/C20H18N7O/c1-2-16(13-21-5-1)23-19-11-18(14-3-4-17-15(10-14)12-22-26-17)24-20(25-19)27-6-8-28-9-7-27/h1-4,10-13H,6-9H2,(H,22,26)(H,23,24,25). The number of anilines is 3. The van der Waals surface area contributed by atoms with Gasteiger partial charge < -0.3 is 15.0 Å². The molecule has 1 aliphatic rings. The van der Waals surface area contributed by atoms with Crippen LogP contribution in [0.15, 0.2) is 48.8 Å². The normalized spacial score (nSPS) is 14.4. The number of aromatic nitrogens is 5. The molecule has 0 spiro atoms. The molecule has 5 rings (SSSR count). The number of morpholine rings is 1. The van der Waals surface area contributed by atoms with Crippen molar-refractivity contribution in [3.8, 4) is 11.3 Å². The molecule has 28 heavy (non-hydrogen) atoms. The van der Waals surface area contributed by atoms with E-state index in [1.54, 1.807) is 12.3 Å². The number of nitrogens with one attached hydrogen (secondary N) is 2. The summed E-state index contributed by atoms with van der Waals surface area (Å²) in [5.74, 6) is 1.40. The van der Waals surface area contributed by atoms with Crippen LogP contribution in [0.4, 0.5) is 17.5 Å². The molecule has 1 fully saturated rings. The summed E-state index contributed by atoms with van der Waals surface area (Å²) in [4.78, 5) is 15.7. The van der Waals surface area contributed by atoms with Crippen molar-refractivity contribution in [3.05, 3.63) is 55.0 Å². The summed E-state index contributed by atoms with van der Waals surface area (Å²) < 4.78 is 5.47. The number of H-pyrrole nitrogens is 1. The highest BCUT2D eigenvalue weighted by atomic mass is 16.5. The number of pyridine rings is 1. The first-order chi connectivity index (χ1) is 13.8. The molecule has 139 valence electrons. The van der Waals surface area contributed by atoms with Gasteiger partial charge in [-0.2, -0.15) is 10.1 Å². The van der Waals surface area contributed by atoms with E-state index >= 15 is 0 Å². The van der Waals surface area contributed by atoms with E-state index in [9.17, 15) is 0 Å². The van der Waals surface area contributed by atoms with Crippen molar-refractivity contribution < 1.29 is 4.74 Å². The van der Waals surface area contributed by atoms with Crippen molar-refractivity contribution >= 4 is 28.4 Å². The van der Waals surface area contributed by atoms with Gasteiger partial charge in [0.2, 0.25) is 5.95 Å². The van der Waals surface area contributed by atoms with Crippen LogP contribution < -0.4 is 10.2 Å². The Labute approximate surface area is 161 Å². The number of rotatable bonds is 4. The molecule has 1 aromatic carbocycles. The fourth-order valence-electron chi connectivity index (χ4n) is 3.20. The maximum atomic E-state index is 5.47. The first kappa shape index (κ1) is 16.6. The molecule has 1 radical (unpaired) electrons. The smallest absolute Gasteiger partial charge is 0.228 e. The molecule has 2 N–H and O–H groups in total. The highest BCUT2D eigenvalue weighted by Crippen LogP contribution is 2.27. The van der Waals surface area contributed by atoms with Gasteiger partial charge in [-0.05, 0) is 24.3 Å². The molecule has 1 saturated heterocycles. The molecule has 0 bridgehead atoms. The zero-order valence-corrected chi connectivity index (χ0v) is 15.1. The van der Waals surface area contributed by atoms with E-state index in [4.69, 9.17) is 14.7 Å². The Bertz CT molecular complexity index is 1090. The van der Waals surface area contributed by atoms with Crippen molar-refractivity contribution in [3.63, 3.8) is 0 Å². The van der Waals surface area contributed by atoms with Crippen LogP contribution in [-0.2, 0) is 4.74 Å². The van der Waals surface area contributed by atoms with Gasteiger partial charge >= 0.3 is 0 Å². The van der Waals surface area contributed by atoms with Crippen LogP contribution in [0.25, 0.3) is 22.2 Å². The lowest BCUT2D eigenvalue weighted by Gasteiger charge is -2.27. The Balaban J connectivity index is 1.57. The summed E-state index contributed by atoms with van der Waals surface area (Å²) in [5.41, 5.74) is 3.70. The van der Waals surface area contributed by atoms with Gasteiger partial charge in [0.15, 0.2) is 0 Å². The Morgan fingerprint density at radius 1 is 1.07 bits per heavy atom. The lowest BCUT2D eigenvalue weighted by atomic mass is 10.1. The van der Waals surface area contributed by atoms with Gasteiger partial charge in [-0.25, -0.2) is 4.98 Å². The van der Waals surface area contributed by atoms with Gasteiger partial charge in [0.1, 0.15) is 5.82 Å². The summed E-state index contributed by atoms with van der Waals surface area (Å²) >= 11 is 0. The SMILES string of the molecule is [c]1ccc(Nc2cc(-c3ccc4[nH]ncc4c3)nc(N3CCOCC3)n2)cn1. The molecular weight excluding hydrogens is 354 g/mol. The third-order valence-corrected chi connectivity index (χ3v) is 4.63. The molecule has 0 saturated carbocycles. The van der Waals surface area contributed by atoms with Crippen molar-refractivity contribution in [1.29, 1.82) is 0 Å². The largest absolute Gasteiger partial charge is 0.378 e. The first-order valence-corrected chi connectivity index (χ1v) is 9.09. The monoisotopic (exact) mass is 372 g/mol. The maximum absolute atomic E-state index is 5.47. The second kappa shape index (κ2) is 7.24. The highest BCUT2D eigenvalue weighted by molar-refractivity contribution is 5.84. The molecule has 0 unspecified atom stereocenters. The minimum Gasteiger partial charge on any atom is -0.378 e. The van der Waals surface area contributed by atoms with Crippen LogP contribution in [-0.4, -0.2) is 51.5 Å². The van der Waals surface area contributed by atoms with Gasteiger partial charge in [0, 0.05) is 30.1 Å². The Morgan fingerprint density at radius 3 is 2.86 bits per heavy atom. The molecule has 1 aliphatic heterocycles. The van der Waals surface area contributed by atoms with Gasteiger partial charge in [-0.1, -0.05) is 6.07 Å². The summed E-state index contributed by atoms with van der Waals surface area (Å²) in [6.45, 7) is 2.89. The van der Waals surface area contributed by atoms with Crippen LogP contribution in [0.3, 0.4) is 0 Å². The number of benzene rings is 1. The van der Waals surface area contributed by atoms with E-state index in [0.717, 1.165) is 40.9 Å². The van der Waals surface area contributed by atoms with E-state index in [1.165, 1.54) is 0 Å². The number of nitrogens with zero attached hydrogens (tertiary/aromatic N) is 5. The van der Waals surface area contributed by atoms with E-state index in [1.807, 2.05) is 30.5 Å². The molecule has 4 heterocycles. The van der Waals surface area contributed by atoms with Crippen LogP contribution in [0, 0.1) is 6.20 Å². The summed E-state index contributed by atoms with van der Waals surface area (Å²) in [6.07, 6.45) is 6.31. The van der Waals surface area contributed by atoms with Gasteiger partial charge in [0.25, 0.3) is 0 Å². The second-order valence-corrected chi connectivity index (χ2v) is 6.51. The number of hydrogen-bond acceptors (Lipinski definition) is 7. The molecule has 8 heteroatoms. The van der Waals surface area contributed by atoms with E-state index < -0.39 is 0 Å². The third kappa shape index (κ3) is 3.37. The van der Waals surface area contributed by atoms with E-state index in [2.05, 4.69) is 37.7 Å². The van der Waals surface area contributed by atoms with Crippen molar-refractivity contribution in [2.24, 2.45) is 0 Å². The summed E-state index contributed by atoms with van der Waals surface area (Å²) in [6, 6.07) is 11.7. The molecule has 3 aromatic heterocycles. The number of fused-ring (bicyclic) bond motifs is 1. The van der Waals surface area contributed by atoms with Crippen molar-refractivity contribution in [2.75, 3.05) is 36.5 Å². The van der Waals surface area contributed by atoms with Crippen LogP contribution in [0.5, 0.6) is 0 Å². The minimum absolute atomic E-state index is 0.676. The molecule has 8 nitrogen and oxygen atoms in total. The number of ether oxygens (including phenoxy) is 1. The Morgan fingerprint density at radius 2 is 2.00 bits per heavy atom. The van der Waals surface area contributed by atoms with Crippen molar-refractivity contribution in [2.45, 2.75) is 0 Å². The number of hydrogen-bond donors (Lipinski definition) is 2. The Kier molecular flexibility index (Phi) is 4.30. The fourth-order valence-corrected chi connectivity index (χ4v) is 3.20. The third-order valence-electron chi connectivity index (χ3n) is 4.63. The van der Waals surface area contributed by atoms with Gasteiger partial charge in [-0.15, -0.1) is 0 Å². The Hall–Kier alpha value is -3.52. The molecule has 0 atom stereocenters. The molecule has 4 aromatic rings. The fraction of sp³-hybridized carbons (Fsp3) is 0.200. The maximum Gasteiger partial charge on any atom is 0.228 e. The second-order valence-electron chi connectivity index (χ2n) is 6.51. The van der Waals surface area contributed by atoms with E-state index in [-0.39, 0.29) is 0 Å². The quantitative estimate of drug-likeness (QED) is 0.569. The molecule has 0 aliphatic carbocycles. The average molecular weight is 372 g/mol. The van der Waals surface area contributed by atoms with E-state index in [0.29, 0.717) is 25.0 Å². The summed E-state index contributed by atoms with van der Waals surface area (Å²) in [5, 5.41) is 11.4. The lowest BCUT2D eigenvalue weighted by molar-refractivity contribution is 0.122. The van der Waals surface area contributed by atoms with Crippen molar-refractivity contribution in [1.82, 2.24) is 25.1 Å². The highest BCUT2D eigenvalue weighted by Gasteiger charge is 2.17. The zero-order chi connectivity index (χ0) is 18.8. The molecular formula is C20H18N7O. The molecule has 0 amide bonds. The topological polar surface area (TPSA) is 91.9 Å². The summed E-state index contributed by atoms with van der Waals surface area (Å²) in [7, 11) is 0. The minimum atomic E-state index is 0.676. The zero-order valence-electron chi connectivity index (χ0n) is 15.1. The first-order valence-electron chi connectivity index (χ1n) is 9.09. The predicted octanol–water partition coefficient (Wildman–Crippen LogP) is 2.80. The lowest BCUT2D eigenvalue weighted by Crippen LogP contribution is -2.37. The van der Waals surface area contributed by atoms with Crippen LogP contribution in [0.1, 0.15) is 0 Å². The van der Waals surface area contributed by atoms with Crippen LogP contribution in [0.2, 0.25) is 0 Å². The van der Waals surface area contributed by atoms with Gasteiger partial charge in [-0.3, -0.25) is 10.1 Å². The number of aromatic amines is 1. The average Bonchev–Trinajstić information content (AvgIpc) is 3.23.